The maximum atomic E-state index is 13.3. The second kappa shape index (κ2) is 13.4. The summed E-state index contributed by atoms with van der Waals surface area (Å²) >= 11 is 0. The fraction of sp³-hybridized carbons (Fsp3) is 0.688. The van der Waals surface area contributed by atoms with E-state index in [9.17, 15) is 24.9 Å². The Bertz CT molecular complexity index is 1050. The molecule has 218 valence electrons. The third-order valence-corrected chi connectivity index (χ3v) is 9.27. The van der Waals surface area contributed by atoms with Crippen LogP contribution in [0, 0.1) is 23.2 Å². The number of fused-ring (bicyclic) bond motifs is 2. The Morgan fingerprint density at radius 2 is 2.00 bits per heavy atom. The molecule has 7 heteroatoms. The van der Waals surface area contributed by atoms with Crippen molar-refractivity contribution in [3.63, 3.8) is 0 Å². The van der Waals surface area contributed by atoms with Gasteiger partial charge in [-0.2, -0.15) is 0 Å². The van der Waals surface area contributed by atoms with Crippen molar-refractivity contribution < 1.29 is 29.6 Å². The number of hydrogen-bond donors (Lipinski definition) is 3. The van der Waals surface area contributed by atoms with Crippen LogP contribution in [0.4, 0.5) is 0 Å². The first-order valence-electron chi connectivity index (χ1n) is 14.8. The summed E-state index contributed by atoms with van der Waals surface area (Å²) in [5, 5.41) is 30.3. The molecule has 0 aromatic heterocycles. The number of aliphatic hydroxyl groups excluding tert-OH is 3. The molecule has 39 heavy (non-hydrogen) atoms. The molecule has 1 unspecified atom stereocenters. The molecule has 0 bridgehead atoms. The fourth-order valence-electron chi connectivity index (χ4n) is 6.28. The predicted molar refractivity (Wildman–Crippen MR) is 152 cm³/mol. The maximum absolute atomic E-state index is 13.3. The number of aliphatic hydroxyl groups is 3. The van der Waals surface area contributed by atoms with E-state index < -0.39 is 18.0 Å². The summed E-state index contributed by atoms with van der Waals surface area (Å²) in [6, 6.07) is 0. The van der Waals surface area contributed by atoms with Crippen molar-refractivity contribution in [2.45, 2.75) is 99.0 Å². The van der Waals surface area contributed by atoms with Gasteiger partial charge in [-0.25, -0.2) is 0 Å². The number of nitrogens with zero attached hydrogens (tertiary/aromatic N) is 1. The standard InChI is InChI=1S/C32H49NO6/c1-7-8-9-10-11-24(19-35)16-20(2)29(36)23(5)31(38)39-28-13-12-21(3)32(6)18-25-22(4)30(37)33(14-15-34)27(25)17-26(28)32/h16-17,21,23-24,29,34-36H,7-15,18-19H2,1-6H3/b20-16+/t21-,23+,24?,29+,32+/m1/s1. The minimum Gasteiger partial charge on any atom is -0.430 e. The molecule has 0 saturated carbocycles. The van der Waals surface area contributed by atoms with Crippen LogP contribution in [0.15, 0.2) is 45.9 Å². The first-order valence-corrected chi connectivity index (χ1v) is 14.8. The van der Waals surface area contributed by atoms with Crippen molar-refractivity contribution in [3.8, 4) is 0 Å². The lowest BCUT2D eigenvalue weighted by Crippen LogP contribution is -2.38. The van der Waals surface area contributed by atoms with Crippen molar-refractivity contribution in [2.24, 2.45) is 23.2 Å². The lowest BCUT2D eigenvalue weighted by Gasteiger charge is -2.45. The van der Waals surface area contributed by atoms with E-state index in [4.69, 9.17) is 4.74 Å². The number of β-amino-alcohol motifs (C(OH)–C–C–N with tert-alkyl or cyclic N) is 1. The Labute approximate surface area is 234 Å². The number of carbonyl (C=O) groups is 2. The molecule has 5 atom stereocenters. The zero-order valence-corrected chi connectivity index (χ0v) is 24.8. The van der Waals surface area contributed by atoms with Gasteiger partial charge in [0, 0.05) is 42.2 Å². The van der Waals surface area contributed by atoms with E-state index in [1.165, 1.54) is 6.42 Å². The molecule has 0 aromatic carbocycles. The summed E-state index contributed by atoms with van der Waals surface area (Å²) in [6.45, 7) is 12.0. The van der Waals surface area contributed by atoms with Gasteiger partial charge in [-0.05, 0) is 68.7 Å². The normalized spacial score (nSPS) is 25.8. The van der Waals surface area contributed by atoms with Crippen LogP contribution in [0.5, 0.6) is 0 Å². The summed E-state index contributed by atoms with van der Waals surface area (Å²) in [5.41, 5.74) is 3.84. The van der Waals surface area contributed by atoms with Crippen LogP contribution < -0.4 is 0 Å². The number of allylic oxidation sites excluding steroid dienone is 4. The van der Waals surface area contributed by atoms with Crippen LogP contribution in [0.2, 0.25) is 0 Å². The topological polar surface area (TPSA) is 107 Å². The molecule has 2 aliphatic carbocycles. The Kier molecular flexibility index (Phi) is 10.8. The Hall–Kier alpha value is -2.22. The summed E-state index contributed by atoms with van der Waals surface area (Å²) in [5.74, 6) is -0.435. The smallest absolute Gasteiger partial charge is 0.316 e. The number of carbonyl (C=O) groups excluding carboxylic acids is 2. The summed E-state index contributed by atoms with van der Waals surface area (Å²) in [4.78, 5) is 27.8. The van der Waals surface area contributed by atoms with Gasteiger partial charge in [-0.15, -0.1) is 0 Å². The lowest BCUT2D eigenvalue weighted by molar-refractivity contribution is -0.147. The van der Waals surface area contributed by atoms with Crippen LogP contribution in [0.1, 0.15) is 92.9 Å². The van der Waals surface area contributed by atoms with Crippen molar-refractivity contribution in [2.75, 3.05) is 19.8 Å². The van der Waals surface area contributed by atoms with Crippen molar-refractivity contribution in [3.05, 3.63) is 45.9 Å². The maximum Gasteiger partial charge on any atom is 0.316 e. The number of unbranched alkanes of at least 4 members (excludes halogenated alkanes) is 3. The Morgan fingerprint density at radius 3 is 2.64 bits per heavy atom. The van der Waals surface area contributed by atoms with E-state index in [0.29, 0.717) is 30.1 Å². The molecule has 0 spiro atoms. The van der Waals surface area contributed by atoms with E-state index in [2.05, 4.69) is 20.8 Å². The van der Waals surface area contributed by atoms with Crippen LogP contribution in [-0.4, -0.2) is 58.0 Å². The molecule has 3 N–H and O–H groups in total. The van der Waals surface area contributed by atoms with Crippen LogP contribution in [0.3, 0.4) is 0 Å². The molecule has 0 fully saturated rings. The van der Waals surface area contributed by atoms with E-state index in [0.717, 1.165) is 54.5 Å². The number of esters is 1. The van der Waals surface area contributed by atoms with Gasteiger partial charge < -0.3 is 25.0 Å². The average molecular weight is 544 g/mol. The van der Waals surface area contributed by atoms with Crippen molar-refractivity contribution in [1.82, 2.24) is 4.90 Å². The highest BCUT2D eigenvalue weighted by molar-refractivity contribution is 6.00. The lowest BCUT2D eigenvalue weighted by atomic mass is 9.60. The third-order valence-electron chi connectivity index (χ3n) is 9.27. The molecule has 1 heterocycles. The van der Waals surface area contributed by atoms with Gasteiger partial charge in [0.1, 0.15) is 5.76 Å². The van der Waals surface area contributed by atoms with Gasteiger partial charge >= 0.3 is 5.97 Å². The van der Waals surface area contributed by atoms with Crippen molar-refractivity contribution >= 4 is 11.9 Å². The van der Waals surface area contributed by atoms with Gasteiger partial charge in [0.25, 0.3) is 5.91 Å². The quantitative estimate of drug-likeness (QED) is 0.168. The zero-order valence-electron chi connectivity index (χ0n) is 24.8. The highest BCUT2D eigenvalue weighted by Crippen LogP contribution is 2.55. The van der Waals surface area contributed by atoms with Crippen LogP contribution >= 0.6 is 0 Å². The van der Waals surface area contributed by atoms with Crippen LogP contribution in [-0.2, 0) is 14.3 Å². The largest absolute Gasteiger partial charge is 0.430 e. The first kappa shape index (κ1) is 31.3. The van der Waals surface area contributed by atoms with Gasteiger partial charge in [-0.3, -0.25) is 9.59 Å². The number of rotatable bonds is 13. The SMILES string of the molecule is CCCCCCC(/C=C(\C)[C@H](O)[C@H](C)C(=O)OC1=C2C=C3C(=C(C)C(=O)N3CCO)C[C@@]2(C)[C@H](C)CC1)CO. The minimum absolute atomic E-state index is 0.0163. The zero-order chi connectivity index (χ0) is 28.9. The van der Waals surface area contributed by atoms with Gasteiger partial charge in [-0.1, -0.05) is 52.5 Å². The second-order valence-corrected chi connectivity index (χ2v) is 12.0. The fourth-order valence-corrected chi connectivity index (χ4v) is 6.28. The summed E-state index contributed by atoms with van der Waals surface area (Å²) in [7, 11) is 0. The molecular formula is C32H49NO6. The molecule has 1 amide bonds. The molecule has 0 aromatic rings. The molecule has 0 radical (unpaired) electrons. The Morgan fingerprint density at radius 1 is 1.28 bits per heavy atom. The van der Waals surface area contributed by atoms with E-state index >= 15 is 0 Å². The second-order valence-electron chi connectivity index (χ2n) is 12.0. The number of hydrogen-bond acceptors (Lipinski definition) is 6. The summed E-state index contributed by atoms with van der Waals surface area (Å²) in [6.07, 6.45) is 10.4. The van der Waals surface area contributed by atoms with Gasteiger partial charge in [0.2, 0.25) is 0 Å². The summed E-state index contributed by atoms with van der Waals surface area (Å²) < 4.78 is 6.02. The van der Waals surface area contributed by atoms with Gasteiger partial charge in [0.15, 0.2) is 0 Å². The number of ether oxygens (including phenoxy) is 1. The Balaban J connectivity index is 1.82. The van der Waals surface area contributed by atoms with E-state index in [1.807, 2.05) is 19.1 Å². The van der Waals surface area contributed by atoms with Gasteiger partial charge in [0.05, 0.1) is 18.6 Å². The average Bonchev–Trinajstić information content (AvgIpc) is 3.14. The minimum atomic E-state index is -1.00. The van der Waals surface area contributed by atoms with E-state index in [-0.39, 0.29) is 37.0 Å². The predicted octanol–water partition coefficient (Wildman–Crippen LogP) is 5.18. The molecule has 3 aliphatic rings. The molecule has 3 rings (SSSR count). The molecular weight excluding hydrogens is 494 g/mol. The monoisotopic (exact) mass is 543 g/mol. The molecule has 1 aliphatic heterocycles. The van der Waals surface area contributed by atoms with Crippen LogP contribution in [0.25, 0.3) is 0 Å². The van der Waals surface area contributed by atoms with Crippen molar-refractivity contribution in [1.29, 1.82) is 0 Å². The first-order chi connectivity index (χ1) is 18.5. The highest BCUT2D eigenvalue weighted by atomic mass is 16.5. The number of amides is 1. The van der Waals surface area contributed by atoms with E-state index in [1.54, 1.807) is 18.7 Å². The highest BCUT2D eigenvalue weighted by Gasteiger charge is 2.47. The molecule has 0 saturated heterocycles. The molecule has 7 nitrogen and oxygen atoms in total. The third kappa shape index (κ3) is 6.58.